The second-order valence-corrected chi connectivity index (χ2v) is 14.5. The van der Waals surface area contributed by atoms with Crippen LogP contribution in [0.4, 0.5) is 17.1 Å². The molecule has 0 aliphatic heterocycles. The molecule has 0 fully saturated rings. The van der Waals surface area contributed by atoms with Gasteiger partial charge >= 0.3 is 0 Å². The Bertz CT molecular complexity index is 2990. The van der Waals surface area contributed by atoms with Gasteiger partial charge in [0.1, 0.15) is 0 Å². The minimum Gasteiger partial charge on any atom is -0.310 e. The van der Waals surface area contributed by atoms with Gasteiger partial charge in [-0.15, -0.1) is 0 Å². The number of fused-ring (bicyclic) bond motifs is 2. The maximum Gasteiger partial charge on any atom is 0.0546 e. The largest absolute Gasteiger partial charge is 0.310 e. The number of benzene rings is 10. The van der Waals surface area contributed by atoms with Crippen molar-refractivity contribution >= 4 is 38.6 Å². The second-order valence-electron chi connectivity index (χ2n) is 14.5. The highest BCUT2D eigenvalue weighted by atomic mass is 15.1. The predicted molar refractivity (Wildman–Crippen MR) is 243 cm³/mol. The van der Waals surface area contributed by atoms with E-state index in [4.69, 9.17) is 0 Å². The Balaban J connectivity index is 1.14. The van der Waals surface area contributed by atoms with E-state index in [2.05, 4.69) is 241 Å². The summed E-state index contributed by atoms with van der Waals surface area (Å²) in [6, 6.07) is 85.7. The van der Waals surface area contributed by atoms with Crippen molar-refractivity contribution in [1.82, 2.24) is 0 Å². The highest BCUT2D eigenvalue weighted by Crippen LogP contribution is 2.45. The summed E-state index contributed by atoms with van der Waals surface area (Å²) in [6.45, 7) is 0. The molecule has 0 N–H and O–H groups in total. The lowest BCUT2D eigenvalue weighted by Gasteiger charge is -2.29. The van der Waals surface area contributed by atoms with E-state index in [1.807, 2.05) is 0 Å². The maximum absolute atomic E-state index is 2.43. The summed E-state index contributed by atoms with van der Waals surface area (Å²) in [5.41, 5.74) is 15.2. The lowest BCUT2D eigenvalue weighted by Crippen LogP contribution is -2.11. The third-order valence-electron chi connectivity index (χ3n) is 11.1. The van der Waals surface area contributed by atoms with E-state index in [-0.39, 0.29) is 0 Å². The molecule has 268 valence electrons. The summed E-state index contributed by atoms with van der Waals surface area (Å²) in [7, 11) is 0. The zero-order valence-corrected chi connectivity index (χ0v) is 31.5. The van der Waals surface area contributed by atoms with Crippen LogP contribution in [0.25, 0.3) is 77.2 Å². The fourth-order valence-electron chi connectivity index (χ4n) is 8.25. The number of rotatable bonds is 8. The fraction of sp³-hybridized carbons (Fsp3) is 0. The first-order valence-electron chi connectivity index (χ1n) is 19.6. The zero-order valence-electron chi connectivity index (χ0n) is 31.5. The lowest BCUT2D eigenvalue weighted by molar-refractivity contribution is 1.28. The quantitative estimate of drug-likeness (QED) is 0.151. The number of hydrogen-bond donors (Lipinski definition) is 0. The van der Waals surface area contributed by atoms with Crippen LogP contribution in [0, 0.1) is 0 Å². The van der Waals surface area contributed by atoms with Crippen LogP contribution in [0.2, 0.25) is 0 Å². The first-order valence-corrected chi connectivity index (χ1v) is 19.6. The predicted octanol–water partition coefficient (Wildman–Crippen LogP) is 15.8. The van der Waals surface area contributed by atoms with E-state index in [1.165, 1.54) is 71.6 Å². The zero-order chi connectivity index (χ0) is 38.0. The highest BCUT2D eigenvalue weighted by molar-refractivity contribution is 6.00. The Morgan fingerprint density at radius 2 is 0.684 bits per heavy atom. The Kier molecular flexibility index (Phi) is 8.95. The van der Waals surface area contributed by atoms with Gasteiger partial charge in [0.2, 0.25) is 0 Å². The van der Waals surface area contributed by atoms with Gasteiger partial charge in [0, 0.05) is 16.9 Å². The third kappa shape index (κ3) is 6.66. The smallest absolute Gasteiger partial charge is 0.0546 e. The van der Waals surface area contributed by atoms with Crippen molar-refractivity contribution in [2.24, 2.45) is 0 Å². The fourth-order valence-corrected chi connectivity index (χ4v) is 8.25. The maximum atomic E-state index is 2.43. The van der Waals surface area contributed by atoms with Gasteiger partial charge in [0.15, 0.2) is 0 Å². The van der Waals surface area contributed by atoms with Gasteiger partial charge in [0.05, 0.1) is 5.69 Å². The van der Waals surface area contributed by atoms with Crippen LogP contribution in [0.15, 0.2) is 237 Å². The molecule has 0 aromatic heterocycles. The summed E-state index contributed by atoms with van der Waals surface area (Å²) in [5.74, 6) is 0. The summed E-state index contributed by atoms with van der Waals surface area (Å²) in [4.78, 5) is 2.43. The van der Waals surface area contributed by atoms with Gasteiger partial charge in [-0.05, 0) is 108 Å². The Labute approximate surface area is 334 Å². The minimum absolute atomic E-state index is 1.08. The molecular formula is C56H39N. The average molecular weight is 726 g/mol. The van der Waals surface area contributed by atoms with Crippen molar-refractivity contribution in [2.45, 2.75) is 0 Å². The summed E-state index contributed by atoms with van der Waals surface area (Å²) < 4.78 is 0. The standard InChI is InChI=1S/C56H39N/c1-3-15-40(16-4-1)46-24-12-26-50(38-46)57(49-34-31-41(32-35-49)45-23-11-25-47(37-45)53-29-13-21-42-19-7-9-27-51(42)53)56-39-48(33-36-55(56)44-17-5-2-6-18-44)54-30-14-22-43-20-8-10-28-52(43)54/h1-39H. The van der Waals surface area contributed by atoms with Crippen LogP contribution in [0.1, 0.15) is 0 Å². The van der Waals surface area contributed by atoms with E-state index < -0.39 is 0 Å². The minimum atomic E-state index is 1.08. The molecule has 0 unspecified atom stereocenters. The van der Waals surface area contributed by atoms with Crippen molar-refractivity contribution in [1.29, 1.82) is 0 Å². The molecule has 0 saturated carbocycles. The second kappa shape index (κ2) is 15.0. The van der Waals surface area contributed by atoms with Gasteiger partial charge in [-0.1, -0.05) is 200 Å². The summed E-state index contributed by atoms with van der Waals surface area (Å²) >= 11 is 0. The van der Waals surface area contributed by atoms with Crippen LogP contribution < -0.4 is 4.90 Å². The van der Waals surface area contributed by atoms with Crippen LogP contribution in [-0.2, 0) is 0 Å². The summed E-state index contributed by atoms with van der Waals surface area (Å²) in [6.07, 6.45) is 0. The lowest BCUT2D eigenvalue weighted by atomic mass is 9.93. The first kappa shape index (κ1) is 34.0. The van der Waals surface area contributed by atoms with Gasteiger partial charge in [0.25, 0.3) is 0 Å². The Morgan fingerprint density at radius 1 is 0.228 bits per heavy atom. The Morgan fingerprint density at radius 3 is 1.35 bits per heavy atom. The molecular weight excluding hydrogens is 687 g/mol. The molecule has 10 aromatic rings. The van der Waals surface area contributed by atoms with Crippen LogP contribution in [0.3, 0.4) is 0 Å². The summed E-state index contributed by atoms with van der Waals surface area (Å²) in [5, 5.41) is 4.99. The van der Waals surface area contributed by atoms with Crippen molar-refractivity contribution in [3.63, 3.8) is 0 Å². The van der Waals surface area contributed by atoms with Crippen LogP contribution >= 0.6 is 0 Å². The molecule has 1 nitrogen and oxygen atoms in total. The molecule has 0 aliphatic rings. The topological polar surface area (TPSA) is 3.24 Å². The normalized spacial score (nSPS) is 11.2. The van der Waals surface area contributed by atoms with Gasteiger partial charge < -0.3 is 4.90 Å². The van der Waals surface area contributed by atoms with Crippen molar-refractivity contribution in [2.75, 3.05) is 4.90 Å². The molecule has 0 amide bonds. The van der Waals surface area contributed by atoms with E-state index in [1.54, 1.807) is 0 Å². The highest BCUT2D eigenvalue weighted by Gasteiger charge is 2.20. The molecule has 10 aromatic carbocycles. The van der Waals surface area contributed by atoms with Crippen molar-refractivity contribution in [3.05, 3.63) is 237 Å². The molecule has 0 heterocycles. The van der Waals surface area contributed by atoms with E-state index in [0.29, 0.717) is 0 Å². The molecule has 0 atom stereocenters. The molecule has 0 bridgehead atoms. The van der Waals surface area contributed by atoms with Gasteiger partial charge in [-0.25, -0.2) is 0 Å². The van der Waals surface area contributed by atoms with E-state index in [9.17, 15) is 0 Å². The number of anilines is 3. The molecule has 10 rings (SSSR count). The molecule has 0 aliphatic carbocycles. The monoisotopic (exact) mass is 725 g/mol. The van der Waals surface area contributed by atoms with E-state index >= 15 is 0 Å². The molecule has 57 heavy (non-hydrogen) atoms. The third-order valence-corrected chi connectivity index (χ3v) is 11.1. The van der Waals surface area contributed by atoms with Crippen molar-refractivity contribution < 1.29 is 0 Å². The molecule has 0 radical (unpaired) electrons. The first-order chi connectivity index (χ1) is 28.3. The van der Waals surface area contributed by atoms with Gasteiger partial charge in [-0.3, -0.25) is 0 Å². The Hall–Kier alpha value is -7.48. The molecule has 0 spiro atoms. The number of hydrogen-bond acceptors (Lipinski definition) is 1. The van der Waals surface area contributed by atoms with E-state index in [0.717, 1.165) is 22.6 Å². The van der Waals surface area contributed by atoms with Crippen LogP contribution in [-0.4, -0.2) is 0 Å². The molecule has 1 heteroatoms. The SMILES string of the molecule is c1ccc(-c2cccc(N(c3ccc(-c4cccc(-c5cccc6ccccc56)c4)cc3)c3cc(-c4cccc5ccccc45)ccc3-c3ccccc3)c2)cc1. The molecule has 0 saturated heterocycles. The number of nitrogens with zero attached hydrogens (tertiary/aromatic N) is 1. The van der Waals surface area contributed by atoms with Crippen LogP contribution in [0.5, 0.6) is 0 Å². The van der Waals surface area contributed by atoms with Gasteiger partial charge in [-0.2, -0.15) is 0 Å². The van der Waals surface area contributed by atoms with Crippen molar-refractivity contribution in [3.8, 4) is 55.6 Å². The average Bonchev–Trinajstić information content (AvgIpc) is 3.30.